The van der Waals surface area contributed by atoms with Crippen molar-refractivity contribution >= 4 is 0 Å². The van der Waals surface area contributed by atoms with Crippen molar-refractivity contribution in [2.24, 2.45) is 0 Å². The molecule has 2 unspecified atom stereocenters. The molecule has 1 aromatic rings. The molecule has 2 aliphatic rings. The highest BCUT2D eigenvalue weighted by molar-refractivity contribution is 5.15. The molecule has 15 heavy (non-hydrogen) atoms. The van der Waals surface area contributed by atoms with Crippen LogP contribution in [0.25, 0.3) is 0 Å². The maximum atomic E-state index is 4.49. The lowest BCUT2D eigenvalue weighted by atomic mass is 10.1. The fraction of sp³-hybridized carbons (Fsp3) is 0.462. The fourth-order valence-corrected chi connectivity index (χ4v) is 2.79. The second kappa shape index (κ2) is 3.78. The first-order valence-electron chi connectivity index (χ1n) is 5.78. The van der Waals surface area contributed by atoms with Crippen LogP contribution in [0.2, 0.25) is 0 Å². The van der Waals surface area contributed by atoms with Gasteiger partial charge in [0.1, 0.15) is 0 Å². The lowest BCUT2D eigenvalue weighted by molar-refractivity contribution is 0.212. The smallest absolute Gasteiger partial charge is 0.0575 e. The van der Waals surface area contributed by atoms with E-state index in [9.17, 15) is 0 Å². The third kappa shape index (κ3) is 1.59. The number of pyridine rings is 1. The first-order valence-corrected chi connectivity index (χ1v) is 5.78. The van der Waals surface area contributed by atoms with Crippen molar-refractivity contribution in [2.75, 3.05) is 6.54 Å². The Morgan fingerprint density at radius 1 is 1.27 bits per heavy atom. The lowest BCUT2D eigenvalue weighted by Crippen LogP contribution is -2.33. The van der Waals surface area contributed by atoms with Gasteiger partial charge in [-0.2, -0.15) is 0 Å². The summed E-state index contributed by atoms with van der Waals surface area (Å²) in [6.07, 6.45) is 10.3. The van der Waals surface area contributed by atoms with E-state index in [-0.39, 0.29) is 0 Å². The van der Waals surface area contributed by atoms with E-state index in [4.69, 9.17) is 0 Å². The Bertz CT molecular complexity index is 358. The highest BCUT2D eigenvalue weighted by atomic mass is 15.2. The molecule has 0 saturated carbocycles. The van der Waals surface area contributed by atoms with Gasteiger partial charge in [0.25, 0.3) is 0 Å². The van der Waals surface area contributed by atoms with Crippen molar-refractivity contribution in [3.05, 3.63) is 42.2 Å². The van der Waals surface area contributed by atoms with Crippen LogP contribution in [-0.2, 0) is 0 Å². The molecule has 1 aromatic heterocycles. The van der Waals surface area contributed by atoms with E-state index in [1.165, 1.54) is 31.5 Å². The predicted octanol–water partition coefficient (Wildman–Crippen LogP) is 2.55. The van der Waals surface area contributed by atoms with Crippen LogP contribution in [0.3, 0.4) is 0 Å². The average Bonchev–Trinajstić information content (AvgIpc) is 2.74. The molecule has 0 N–H and O–H groups in total. The van der Waals surface area contributed by atoms with Gasteiger partial charge in [0.05, 0.1) is 11.7 Å². The maximum absolute atomic E-state index is 4.49. The Hall–Kier alpha value is -1.15. The molecule has 2 aliphatic heterocycles. The van der Waals surface area contributed by atoms with E-state index < -0.39 is 0 Å². The molecule has 0 aliphatic carbocycles. The molecule has 0 amide bonds. The number of nitrogens with zero attached hydrogens (tertiary/aromatic N) is 2. The molecule has 2 atom stereocenters. The van der Waals surface area contributed by atoms with Crippen molar-refractivity contribution in [2.45, 2.75) is 31.3 Å². The molecule has 2 nitrogen and oxygen atoms in total. The van der Waals surface area contributed by atoms with Crippen LogP contribution in [0.1, 0.15) is 31.0 Å². The number of aromatic nitrogens is 1. The molecule has 0 spiro atoms. The summed E-state index contributed by atoms with van der Waals surface area (Å²) < 4.78 is 0. The van der Waals surface area contributed by atoms with Gasteiger partial charge in [-0.3, -0.25) is 9.88 Å². The SMILES string of the molecule is C1=CC2CCC(c3ccccn3)N2CC1. The molecule has 3 rings (SSSR count). The Labute approximate surface area is 90.6 Å². The van der Waals surface area contributed by atoms with E-state index in [2.05, 4.69) is 34.2 Å². The first-order chi connectivity index (χ1) is 7.45. The highest BCUT2D eigenvalue weighted by Crippen LogP contribution is 2.37. The van der Waals surface area contributed by atoms with Gasteiger partial charge in [0, 0.05) is 18.8 Å². The van der Waals surface area contributed by atoms with Gasteiger partial charge in [-0.25, -0.2) is 0 Å². The third-order valence-electron chi connectivity index (χ3n) is 3.50. The van der Waals surface area contributed by atoms with Crippen LogP contribution in [-0.4, -0.2) is 22.5 Å². The van der Waals surface area contributed by atoms with Crippen LogP contribution in [0.15, 0.2) is 36.5 Å². The summed E-state index contributed by atoms with van der Waals surface area (Å²) in [6.45, 7) is 1.20. The zero-order valence-electron chi connectivity index (χ0n) is 8.84. The second-order valence-electron chi connectivity index (χ2n) is 4.37. The minimum absolute atomic E-state index is 0.557. The highest BCUT2D eigenvalue weighted by Gasteiger charge is 2.34. The van der Waals surface area contributed by atoms with Gasteiger partial charge < -0.3 is 0 Å². The zero-order valence-corrected chi connectivity index (χ0v) is 8.84. The minimum Gasteiger partial charge on any atom is -0.288 e. The maximum Gasteiger partial charge on any atom is 0.0575 e. The molecule has 2 heteroatoms. The first kappa shape index (κ1) is 9.10. The summed E-state index contributed by atoms with van der Waals surface area (Å²) in [7, 11) is 0. The lowest BCUT2D eigenvalue weighted by Gasteiger charge is -2.30. The summed E-state index contributed by atoms with van der Waals surface area (Å²) in [5.41, 5.74) is 1.25. The van der Waals surface area contributed by atoms with Gasteiger partial charge in [0.15, 0.2) is 0 Å². The Morgan fingerprint density at radius 3 is 3.13 bits per heavy atom. The fourth-order valence-electron chi connectivity index (χ4n) is 2.79. The van der Waals surface area contributed by atoms with Crippen LogP contribution < -0.4 is 0 Å². The standard InChI is InChI=1S/C13H16N2/c1-3-9-14-12(6-1)13-8-7-11-5-2-4-10-15(11)13/h1-3,5-6,9,11,13H,4,7-8,10H2. The molecule has 0 radical (unpaired) electrons. The predicted molar refractivity (Wildman–Crippen MR) is 60.5 cm³/mol. The largest absolute Gasteiger partial charge is 0.288 e. The van der Waals surface area contributed by atoms with Gasteiger partial charge in [-0.05, 0) is 31.4 Å². The summed E-state index contributed by atoms with van der Waals surface area (Å²) in [5, 5.41) is 0. The monoisotopic (exact) mass is 200 g/mol. The molecular formula is C13H16N2. The quantitative estimate of drug-likeness (QED) is 0.648. The minimum atomic E-state index is 0.557. The second-order valence-corrected chi connectivity index (χ2v) is 4.37. The van der Waals surface area contributed by atoms with Crippen molar-refractivity contribution in [3.63, 3.8) is 0 Å². The molecule has 0 bridgehead atoms. The normalized spacial score (nSPS) is 30.4. The Balaban J connectivity index is 1.87. The molecular weight excluding hydrogens is 184 g/mol. The van der Waals surface area contributed by atoms with Crippen molar-refractivity contribution in [1.82, 2.24) is 9.88 Å². The molecule has 0 aromatic carbocycles. The van der Waals surface area contributed by atoms with E-state index in [1.807, 2.05) is 12.3 Å². The number of rotatable bonds is 1. The number of hydrogen-bond donors (Lipinski definition) is 0. The van der Waals surface area contributed by atoms with Crippen LogP contribution in [0.4, 0.5) is 0 Å². The van der Waals surface area contributed by atoms with E-state index in [0.717, 1.165) is 0 Å². The average molecular weight is 200 g/mol. The number of hydrogen-bond acceptors (Lipinski definition) is 2. The van der Waals surface area contributed by atoms with Gasteiger partial charge in [-0.15, -0.1) is 0 Å². The van der Waals surface area contributed by atoms with Crippen LogP contribution >= 0.6 is 0 Å². The van der Waals surface area contributed by atoms with E-state index >= 15 is 0 Å². The zero-order chi connectivity index (χ0) is 10.1. The van der Waals surface area contributed by atoms with Crippen LogP contribution in [0, 0.1) is 0 Å². The van der Waals surface area contributed by atoms with Gasteiger partial charge in [0.2, 0.25) is 0 Å². The third-order valence-corrected chi connectivity index (χ3v) is 3.50. The summed E-state index contributed by atoms with van der Waals surface area (Å²) in [6, 6.07) is 7.47. The molecule has 78 valence electrons. The number of fused-ring (bicyclic) bond motifs is 1. The van der Waals surface area contributed by atoms with E-state index in [0.29, 0.717) is 12.1 Å². The summed E-state index contributed by atoms with van der Waals surface area (Å²) in [5.74, 6) is 0. The van der Waals surface area contributed by atoms with Gasteiger partial charge in [-0.1, -0.05) is 18.2 Å². The summed E-state index contributed by atoms with van der Waals surface area (Å²) in [4.78, 5) is 7.09. The van der Waals surface area contributed by atoms with Gasteiger partial charge >= 0.3 is 0 Å². The molecule has 1 saturated heterocycles. The Morgan fingerprint density at radius 2 is 2.27 bits per heavy atom. The van der Waals surface area contributed by atoms with Crippen molar-refractivity contribution in [1.29, 1.82) is 0 Å². The van der Waals surface area contributed by atoms with Crippen LogP contribution in [0.5, 0.6) is 0 Å². The molecule has 1 fully saturated rings. The summed E-state index contributed by atoms with van der Waals surface area (Å²) >= 11 is 0. The Kier molecular flexibility index (Phi) is 2.29. The topological polar surface area (TPSA) is 16.1 Å². The molecule has 3 heterocycles. The van der Waals surface area contributed by atoms with Crippen molar-refractivity contribution < 1.29 is 0 Å². The van der Waals surface area contributed by atoms with E-state index in [1.54, 1.807) is 0 Å². The van der Waals surface area contributed by atoms with Crippen molar-refractivity contribution in [3.8, 4) is 0 Å².